The zero-order valence-corrected chi connectivity index (χ0v) is 20.0. The fourth-order valence-electron chi connectivity index (χ4n) is 3.60. The molecular formula is C26H25N5O2S. The Kier molecular flexibility index (Phi) is 7.18. The van der Waals surface area contributed by atoms with Gasteiger partial charge in [-0.05, 0) is 53.9 Å². The molecule has 0 unspecified atom stereocenters. The molecule has 4 aromatic rings. The van der Waals surface area contributed by atoms with E-state index < -0.39 is 0 Å². The first-order chi connectivity index (χ1) is 16.4. The Morgan fingerprint density at radius 1 is 1.00 bits per heavy atom. The Morgan fingerprint density at radius 2 is 1.76 bits per heavy atom. The van der Waals surface area contributed by atoms with Crippen molar-refractivity contribution in [2.24, 2.45) is 0 Å². The van der Waals surface area contributed by atoms with Crippen molar-refractivity contribution in [3.63, 3.8) is 0 Å². The molecule has 0 atom stereocenters. The normalized spacial score (nSPS) is 10.9. The van der Waals surface area contributed by atoms with Crippen LogP contribution in [0.1, 0.15) is 42.6 Å². The molecule has 0 radical (unpaired) electrons. The van der Waals surface area contributed by atoms with E-state index >= 15 is 0 Å². The van der Waals surface area contributed by atoms with Crippen LogP contribution in [-0.4, -0.2) is 37.2 Å². The smallest absolute Gasteiger partial charge is 0.221 e. The molecule has 0 aliphatic carbocycles. The number of pyridine rings is 1. The second-order valence-corrected chi connectivity index (χ2v) is 9.01. The maximum atomic E-state index is 12.9. The van der Waals surface area contributed by atoms with Gasteiger partial charge in [0.15, 0.2) is 16.8 Å². The van der Waals surface area contributed by atoms with Crippen LogP contribution in [0.5, 0.6) is 0 Å². The molecule has 172 valence electrons. The maximum absolute atomic E-state index is 12.9. The number of nitrogens with zero attached hydrogens (tertiary/aromatic N) is 4. The highest BCUT2D eigenvalue weighted by molar-refractivity contribution is 7.99. The molecule has 0 aliphatic heterocycles. The predicted molar refractivity (Wildman–Crippen MR) is 134 cm³/mol. The summed E-state index contributed by atoms with van der Waals surface area (Å²) in [4.78, 5) is 28.3. The van der Waals surface area contributed by atoms with Gasteiger partial charge in [0.2, 0.25) is 5.91 Å². The quantitative estimate of drug-likeness (QED) is 0.274. The van der Waals surface area contributed by atoms with Gasteiger partial charge in [-0.2, -0.15) is 0 Å². The van der Waals surface area contributed by atoms with Crippen LogP contribution >= 0.6 is 11.8 Å². The average Bonchev–Trinajstić information content (AvgIpc) is 3.27. The van der Waals surface area contributed by atoms with Crippen LogP contribution < -0.4 is 5.32 Å². The Labute approximate surface area is 202 Å². The average molecular weight is 472 g/mol. The molecule has 34 heavy (non-hydrogen) atoms. The number of aromatic nitrogens is 4. The highest BCUT2D eigenvalue weighted by atomic mass is 32.2. The molecule has 0 saturated heterocycles. The summed E-state index contributed by atoms with van der Waals surface area (Å²) in [7, 11) is 0. The van der Waals surface area contributed by atoms with Crippen molar-refractivity contribution in [3.05, 3.63) is 84.2 Å². The highest BCUT2D eigenvalue weighted by Gasteiger charge is 2.20. The molecule has 2 aromatic heterocycles. The Morgan fingerprint density at radius 3 is 2.44 bits per heavy atom. The number of hydrogen-bond acceptors (Lipinski definition) is 6. The van der Waals surface area contributed by atoms with Gasteiger partial charge in [0.1, 0.15) is 0 Å². The fourth-order valence-corrected chi connectivity index (χ4v) is 4.44. The van der Waals surface area contributed by atoms with Gasteiger partial charge in [-0.3, -0.25) is 19.1 Å². The minimum Gasteiger partial charge on any atom is -0.326 e. The minimum atomic E-state index is -0.153. The molecule has 8 heteroatoms. The largest absolute Gasteiger partial charge is 0.326 e. The molecule has 0 fully saturated rings. The number of hydrogen-bond donors (Lipinski definition) is 1. The molecule has 1 amide bonds. The molecule has 0 bridgehead atoms. The van der Waals surface area contributed by atoms with Crippen LogP contribution in [0.4, 0.5) is 5.69 Å². The van der Waals surface area contributed by atoms with E-state index in [0.717, 1.165) is 16.8 Å². The summed E-state index contributed by atoms with van der Waals surface area (Å²) in [5, 5.41) is 12.2. The monoisotopic (exact) mass is 471 g/mol. The summed E-state index contributed by atoms with van der Waals surface area (Å²) in [6, 6.07) is 18.8. The van der Waals surface area contributed by atoms with Crippen molar-refractivity contribution in [2.45, 2.75) is 31.8 Å². The first kappa shape index (κ1) is 23.4. The van der Waals surface area contributed by atoms with Gasteiger partial charge in [-0.25, -0.2) is 0 Å². The van der Waals surface area contributed by atoms with Crippen LogP contribution in [0.15, 0.2) is 78.2 Å². The molecule has 4 rings (SSSR count). The molecule has 1 N–H and O–H groups in total. The van der Waals surface area contributed by atoms with E-state index in [0.29, 0.717) is 28.1 Å². The number of nitrogens with one attached hydrogen (secondary N) is 1. The van der Waals surface area contributed by atoms with Gasteiger partial charge >= 0.3 is 0 Å². The van der Waals surface area contributed by atoms with E-state index in [-0.39, 0.29) is 17.4 Å². The fraction of sp³-hybridized carbons (Fsp3) is 0.192. The van der Waals surface area contributed by atoms with Gasteiger partial charge in [0.05, 0.1) is 11.4 Å². The van der Waals surface area contributed by atoms with E-state index in [4.69, 9.17) is 0 Å². The van der Waals surface area contributed by atoms with Crippen molar-refractivity contribution in [3.8, 4) is 17.1 Å². The van der Waals surface area contributed by atoms with Gasteiger partial charge in [0.25, 0.3) is 0 Å². The highest BCUT2D eigenvalue weighted by Crippen LogP contribution is 2.32. The van der Waals surface area contributed by atoms with Crippen molar-refractivity contribution in [1.29, 1.82) is 0 Å². The molecule has 7 nitrogen and oxygen atoms in total. The lowest BCUT2D eigenvalue weighted by Gasteiger charge is -2.16. The molecule has 0 saturated carbocycles. The zero-order chi connectivity index (χ0) is 24.1. The molecule has 0 aliphatic rings. The second-order valence-electron chi connectivity index (χ2n) is 8.07. The minimum absolute atomic E-state index is 0.0333. The number of para-hydroxylation sites is 1. The van der Waals surface area contributed by atoms with E-state index in [1.165, 1.54) is 18.7 Å². The number of carbonyl (C=O) groups is 2. The van der Waals surface area contributed by atoms with Crippen molar-refractivity contribution >= 4 is 29.1 Å². The number of ketones is 1. The van der Waals surface area contributed by atoms with Crippen LogP contribution in [0.3, 0.4) is 0 Å². The van der Waals surface area contributed by atoms with Crippen LogP contribution in [0.2, 0.25) is 0 Å². The first-order valence-electron chi connectivity index (χ1n) is 10.9. The molecule has 2 aromatic carbocycles. The van der Waals surface area contributed by atoms with Crippen LogP contribution in [-0.2, 0) is 4.79 Å². The summed E-state index contributed by atoms with van der Waals surface area (Å²) in [5.41, 5.74) is 4.22. The third-order valence-corrected chi connectivity index (χ3v) is 6.14. The van der Waals surface area contributed by atoms with Gasteiger partial charge in [-0.1, -0.05) is 43.8 Å². The summed E-state index contributed by atoms with van der Waals surface area (Å²) in [6.07, 6.45) is 3.48. The Bertz CT molecular complexity index is 1300. The van der Waals surface area contributed by atoms with Gasteiger partial charge < -0.3 is 5.32 Å². The van der Waals surface area contributed by atoms with Gasteiger partial charge in [0, 0.05) is 36.1 Å². The van der Waals surface area contributed by atoms with Gasteiger partial charge in [-0.15, -0.1) is 10.2 Å². The van der Waals surface area contributed by atoms with E-state index in [1.54, 1.807) is 36.7 Å². The SMILES string of the molecule is CC(=O)Nc1ccc(C(=O)CSc2nnc(-c3cccnc3)n2-c2ccccc2C(C)C)cc1. The Balaban J connectivity index is 1.64. The molecule has 2 heterocycles. The lowest BCUT2D eigenvalue weighted by atomic mass is 10.0. The van der Waals surface area contributed by atoms with Crippen molar-refractivity contribution in [2.75, 3.05) is 11.1 Å². The van der Waals surface area contributed by atoms with Crippen LogP contribution in [0, 0.1) is 0 Å². The Hall–Kier alpha value is -3.78. The first-order valence-corrected chi connectivity index (χ1v) is 11.9. The maximum Gasteiger partial charge on any atom is 0.221 e. The predicted octanol–water partition coefficient (Wildman–Crippen LogP) is 5.39. The number of carbonyl (C=O) groups excluding carboxylic acids is 2. The van der Waals surface area contributed by atoms with E-state index in [1.807, 2.05) is 34.9 Å². The summed E-state index contributed by atoms with van der Waals surface area (Å²) >= 11 is 1.35. The number of benzene rings is 2. The lowest BCUT2D eigenvalue weighted by Crippen LogP contribution is -2.08. The summed E-state index contributed by atoms with van der Waals surface area (Å²) in [5.74, 6) is 0.987. The lowest BCUT2D eigenvalue weighted by molar-refractivity contribution is -0.114. The molecular weight excluding hydrogens is 446 g/mol. The van der Waals surface area contributed by atoms with E-state index in [2.05, 4.69) is 40.4 Å². The van der Waals surface area contributed by atoms with Crippen molar-refractivity contribution in [1.82, 2.24) is 19.7 Å². The number of amides is 1. The number of Topliss-reactive ketones (excluding diaryl/α,β-unsaturated/α-hetero) is 1. The number of anilines is 1. The van der Waals surface area contributed by atoms with E-state index in [9.17, 15) is 9.59 Å². The summed E-state index contributed by atoms with van der Waals surface area (Å²) < 4.78 is 2.00. The number of thioether (sulfide) groups is 1. The molecule has 0 spiro atoms. The summed E-state index contributed by atoms with van der Waals surface area (Å²) in [6.45, 7) is 5.74. The third-order valence-electron chi connectivity index (χ3n) is 5.21. The standard InChI is InChI=1S/C26H25N5O2S/c1-17(2)22-8-4-5-9-23(22)31-25(20-7-6-14-27-15-20)29-30-26(31)34-16-24(33)19-10-12-21(13-11-19)28-18(3)32/h4-15,17H,16H2,1-3H3,(H,28,32). The van der Waals surface area contributed by atoms with Crippen molar-refractivity contribution < 1.29 is 9.59 Å². The zero-order valence-electron chi connectivity index (χ0n) is 19.2. The topological polar surface area (TPSA) is 89.8 Å². The number of rotatable bonds is 8. The second kappa shape index (κ2) is 10.4. The van der Waals surface area contributed by atoms with Crippen LogP contribution in [0.25, 0.3) is 17.1 Å². The third kappa shape index (κ3) is 5.23.